The van der Waals surface area contributed by atoms with Crippen LogP contribution < -0.4 is 10.9 Å². The maximum Gasteiger partial charge on any atom is 0.251 e. The standard InChI is InChI=1S/C17H18N4O2/c1-13-10-17(23)21(15-5-3-2-4-14(13)15)11-16(22)19-7-9-20-8-6-18-12-20/h2-6,8,10,12H,7,9,11H2,1H3,(H,19,22). The average Bonchev–Trinajstić information content (AvgIpc) is 3.05. The highest BCUT2D eigenvalue weighted by molar-refractivity contribution is 5.84. The molecule has 0 saturated heterocycles. The largest absolute Gasteiger partial charge is 0.353 e. The van der Waals surface area contributed by atoms with E-state index in [1.807, 2.05) is 42.0 Å². The summed E-state index contributed by atoms with van der Waals surface area (Å²) >= 11 is 0. The Morgan fingerprint density at radius 2 is 2.13 bits per heavy atom. The van der Waals surface area contributed by atoms with Crippen molar-refractivity contribution in [3.05, 3.63) is 65.0 Å². The molecule has 0 bridgehead atoms. The summed E-state index contributed by atoms with van der Waals surface area (Å²) in [6, 6.07) is 9.19. The molecule has 0 fully saturated rings. The molecule has 0 unspecified atom stereocenters. The van der Waals surface area contributed by atoms with Gasteiger partial charge in [-0.05, 0) is 18.6 Å². The van der Waals surface area contributed by atoms with Crippen molar-refractivity contribution in [3.8, 4) is 0 Å². The van der Waals surface area contributed by atoms with Gasteiger partial charge >= 0.3 is 0 Å². The summed E-state index contributed by atoms with van der Waals surface area (Å²) in [5.74, 6) is -0.179. The van der Waals surface area contributed by atoms with Gasteiger partial charge in [-0.3, -0.25) is 14.2 Å². The van der Waals surface area contributed by atoms with Crippen LogP contribution in [0.25, 0.3) is 10.9 Å². The number of imidazole rings is 1. The number of carbonyl (C=O) groups is 1. The molecule has 0 aliphatic heterocycles. The van der Waals surface area contributed by atoms with Crippen molar-refractivity contribution in [2.45, 2.75) is 20.0 Å². The first kappa shape index (κ1) is 15.0. The Balaban J connectivity index is 1.73. The molecule has 0 radical (unpaired) electrons. The lowest BCUT2D eigenvalue weighted by Gasteiger charge is -2.12. The number of nitrogens with one attached hydrogen (secondary N) is 1. The number of pyridine rings is 1. The molecule has 3 aromatic rings. The summed E-state index contributed by atoms with van der Waals surface area (Å²) in [5.41, 5.74) is 1.54. The molecule has 118 valence electrons. The normalized spacial score (nSPS) is 10.8. The fraction of sp³-hybridized carbons (Fsp3) is 0.235. The molecule has 0 aliphatic carbocycles. The lowest BCUT2D eigenvalue weighted by atomic mass is 10.1. The lowest BCUT2D eigenvalue weighted by Crippen LogP contribution is -2.34. The molecule has 6 nitrogen and oxygen atoms in total. The molecular formula is C17H18N4O2. The van der Waals surface area contributed by atoms with Crippen LogP contribution in [0.5, 0.6) is 0 Å². The van der Waals surface area contributed by atoms with E-state index in [0.29, 0.717) is 13.1 Å². The van der Waals surface area contributed by atoms with Crippen LogP contribution in [0.15, 0.2) is 53.8 Å². The number of amides is 1. The smallest absolute Gasteiger partial charge is 0.251 e. The van der Waals surface area contributed by atoms with Gasteiger partial charge in [0.05, 0.1) is 11.8 Å². The first-order valence-electron chi connectivity index (χ1n) is 7.47. The van der Waals surface area contributed by atoms with Gasteiger partial charge in [0.1, 0.15) is 6.54 Å². The number of hydrogen-bond acceptors (Lipinski definition) is 3. The van der Waals surface area contributed by atoms with Crippen molar-refractivity contribution in [3.63, 3.8) is 0 Å². The molecule has 0 spiro atoms. The molecular weight excluding hydrogens is 292 g/mol. The van der Waals surface area contributed by atoms with Crippen LogP contribution in [0.3, 0.4) is 0 Å². The highest BCUT2D eigenvalue weighted by Gasteiger charge is 2.09. The second-order valence-corrected chi connectivity index (χ2v) is 5.42. The zero-order chi connectivity index (χ0) is 16.2. The summed E-state index contributed by atoms with van der Waals surface area (Å²) < 4.78 is 3.39. The maximum absolute atomic E-state index is 12.2. The van der Waals surface area contributed by atoms with Gasteiger partial charge in [-0.25, -0.2) is 4.98 Å². The van der Waals surface area contributed by atoms with E-state index in [9.17, 15) is 9.59 Å². The number of para-hydroxylation sites is 1. The predicted octanol–water partition coefficient (Wildman–Crippen LogP) is 1.32. The maximum atomic E-state index is 12.2. The van der Waals surface area contributed by atoms with Crippen LogP contribution in [0.1, 0.15) is 5.56 Å². The highest BCUT2D eigenvalue weighted by Crippen LogP contribution is 2.15. The van der Waals surface area contributed by atoms with Crippen LogP contribution in [0.4, 0.5) is 0 Å². The van der Waals surface area contributed by atoms with E-state index in [-0.39, 0.29) is 18.0 Å². The monoisotopic (exact) mass is 310 g/mol. The van der Waals surface area contributed by atoms with Gasteiger partial charge in [-0.15, -0.1) is 0 Å². The number of aromatic nitrogens is 3. The van der Waals surface area contributed by atoms with Crippen molar-refractivity contribution in [2.75, 3.05) is 6.54 Å². The Bertz CT molecular complexity index is 881. The molecule has 3 rings (SSSR count). The zero-order valence-electron chi connectivity index (χ0n) is 12.9. The molecule has 23 heavy (non-hydrogen) atoms. The van der Waals surface area contributed by atoms with Crippen molar-refractivity contribution < 1.29 is 4.79 Å². The zero-order valence-corrected chi connectivity index (χ0v) is 12.9. The van der Waals surface area contributed by atoms with Crippen LogP contribution in [0.2, 0.25) is 0 Å². The van der Waals surface area contributed by atoms with Crippen molar-refractivity contribution in [1.82, 2.24) is 19.4 Å². The number of carbonyl (C=O) groups excluding carboxylic acids is 1. The van der Waals surface area contributed by atoms with Gasteiger partial charge in [0.2, 0.25) is 5.91 Å². The van der Waals surface area contributed by atoms with E-state index in [1.54, 1.807) is 18.6 Å². The highest BCUT2D eigenvalue weighted by atomic mass is 16.2. The van der Waals surface area contributed by atoms with Crippen molar-refractivity contribution in [1.29, 1.82) is 0 Å². The fourth-order valence-electron chi connectivity index (χ4n) is 2.61. The van der Waals surface area contributed by atoms with Gasteiger partial charge in [0.15, 0.2) is 0 Å². The number of fused-ring (bicyclic) bond motifs is 1. The van der Waals surface area contributed by atoms with E-state index in [1.165, 1.54) is 4.57 Å². The SMILES string of the molecule is Cc1cc(=O)n(CC(=O)NCCn2ccnc2)c2ccccc12. The third-order valence-corrected chi connectivity index (χ3v) is 3.78. The number of aryl methyl sites for hydroxylation is 1. The van der Waals surface area contributed by atoms with E-state index in [4.69, 9.17) is 0 Å². The number of hydrogen-bond donors (Lipinski definition) is 1. The summed E-state index contributed by atoms with van der Waals surface area (Å²) in [7, 11) is 0. The lowest BCUT2D eigenvalue weighted by molar-refractivity contribution is -0.121. The molecule has 1 N–H and O–H groups in total. The molecule has 2 aromatic heterocycles. The molecule has 6 heteroatoms. The molecule has 1 aromatic carbocycles. The molecule has 0 saturated carbocycles. The quantitative estimate of drug-likeness (QED) is 0.773. The van der Waals surface area contributed by atoms with Crippen LogP contribution in [0, 0.1) is 6.92 Å². The average molecular weight is 310 g/mol. The van der Waals surface area contributed by atoms with Crippen molar-refractivity contribution in [2.24, 2.45) is 0 Å². The van der Waals surface area contributed by atoms with Crippen LogP contribution >= 0.6 is 0 Å². The Morgan fingerprint density at radius 3 is 2.91 bits per heavy atom. The number of benzene rings is 1. The minimum absolute atomic E-state index is 0.0174. The Morgan fingerprint density at radius 1 is 1.30 bits per heavy atom. The first-order valence-corrected chi connectivity index (χ1v) is 7.47. The molecule has 1 amide bonds. The Hall–Kier alpha value is -2.89. The van der Waals surface area contributed by atoms with E-state index < -0.39 is 0 Å². The second kappa shape index (κ2) is 6.48. The molecule has 2 heterocycles. The second-order valence-electron chi connectivity index (χ2n) is 5.42. The predicted molar refractivity (Wildman–Crippen MR) is 88.2 cm³/mol. The Labute approximate surface area is 133 Å². The van der Waals surface area contributed by atoms with Gasteiger partial charge in [-0.1, -0.05) is 18.2 Å². The van der Waals surface area contributed by atoms with E-state index >= 15 is 0 Å². The minimum Gasteiger partial charge on any atom is -0.353 e. The van der Waals surface area contributed by atoms with Gasteiger partial charge in [-0.2, -0.15) is 0 Å². The summed E-state index contributed by atoms with van der Waals surface area (Å²) in [6.07, 6.45) is 5.23. The summed E-state index contributed by atoms with van der Waals surface area (Å²) in [4.78, 5) is 28.3. The molecule has 0 atom stereocenters. The van der Waals surface area contributed by atoms with Crippen molar-refractivity contribution >= 4 is 16.8 Å². The van der Waals surface area contributed by atoms with Gasteiger partial charge in [0.25, 0.3) is 5.56 Å². The first-order chi connectivity index (χ1) is 11.1. The van der Waals surface area contributed by atoms with Crippen LogP contribution in [-0.4, -0.2) is 26.6 Å². The Kier molecular flexibility index (Phi) is 4.23. The van der Waals surface area contributed by atoms with Crippen LogP contribution in [-0.2, 0) is 17.9 Å². The molecule has 0 aliphatic rings. The van der Waals surface area contributed by atoms with E-state index in [2.05, 4.69) is 10.3 Å². The van der Waals surface area contributed by atoms with Gasteiger partial charge < -0.3 is 9.88 Å². The topological polar surface area (TPSA) is 68.9 Å². The number of rotatable bonds is 5. The fourth-order valence-corrected chi connectivity index (χ4v) is 2.61. The summed E-state index contributed by atoms with van der Waals surface area (Å²) in [6.45, 7) is 3.06. The third kappa shape index (κ3) is 3.31. The third-order valence-electron chi connectivity index (χ3n) is 3.78. The minimum atomic E-state index is -0.179. The summed E-state index contributed by atoms with van der Waals surface area (Å²) in [5, 5.41) is 3.81. The van der Waals surface area contributed by atoms with E-state index in [0.717, 1.165) is 16.5 Å². The number of nitrogens with zero attached hydrogens (tertiary/aromatic N) is 3. The van der Waals surface area contributed by atoms with Gasteiger partial charge in [0, 0.05) is 36.9 Å².